The summed E-state index contributed by atoms with van der Waals surface area (Å²) in [5.41, 5.74) is 0.908. The molecular weight excluding hydrogens is 376 g/mol. The van der Waals surface area contributed by atoms with Crippen LogP contribution in [0.1, 0.15) is 56.0 Å². The first-order chi connectivity index (χ1) is 14.5. The van der Waals surface area contributed by atoms with Crippen molar-refractivity contribution in [2.75, 3.05) is 0 Å². The van der Waals surface area contributed by atoms with Crippen molar-refractivity contribution in [2.45, 2.75) is 39.0 Å². The van der Waals surface area contributed by atoms with Crippen molar-refractivity contribution >= 4 is 11.2 Å². The highest BCUT2D eigenvalue weighted by Gasteiger charge is 2.14. The lowest BCUT2D eigenvalue weighted by Gasteiger charge is -2.07. The molecule has 6 heteroatoms. The molecule has 2 heterocycles. The van der Waals surface area contributed by atoms with Crippen LogP contribution in [0.3, 0.4) is 0 Å². The molecule has 0 amide bonds. The van der Waals surface area contributed by atoms with Gasteiger partial charge in [-0.1, -0.05) is 56.2 Å². The van der Waals surface area contributed by atoms with Gasteiger partial charge in [-0.3, -0.25) is 13.9 Å². The Balaban J connectivity index is 2.11. The summed E-state index contributed by atoms with van der Waals surface area (Å²) in [5.74, 6) is 12.2. The van der Waals surface area contributed by atoms with E-state index in [1.165, 1.54) is 24.5 Å². The van der Waals surface area contributed by atoms with E-state index in [1.54, 1.807) is 7.05 Å². The van der Waals surface area contributed by atoms with Crippen LogP contribution < -0.4 is 11.2 Å². The zero-order chi connectivity index (χ0) is 21.5. The maximum absolute atomic E-state index is 12.6. The first kappa shape index (κ1) is 21.1. The van der Waals surface area contributed by atoms with E-state index in [0.717, 1.165) is 29.4 Å². The maximum Gasteiger partial charge on any atom is 0.332 e. The summed E-state index contributed by atoms with van der Waals surface area (Å²) in [7, 11) is 2.99. The van der Waals surface area contributed by atoms with Gasteiger partial charge < -0.3 is 0 Å². The molecule has 0 spiro atoms. The number of rotatable bonds is 4. The fraction of sp³-hybridized carbons (Fsp3) is 0.333. The Morgan fingerprint density at radius 1 is 0.867 bits per heavy atom. The fourth-order valence-electron chi connectivity index (χ4n) is 2.98. The van der Waals surface area contributed by atoms with Crippen LogP contribution in [0.25, 0.3) is 11.2 Å². The molecule has 3 rings (SSSR count). The number of fused-ring (bicyclic) bond motifs is 1. The van der Waals surface area contributed by atoms with Crippen LogP contribution in [-0.4, -0.2) is 19.1 Å². The smallest absolute Gasteiger partial charge is 0.279 e. The molecular formula is C24H24N4O2. The normalized spacial score (nSPS) is 10.2. The Kier molecular flexibility index (Phi) is 6.83. The van der Waals surface area contributed by atoms with Gasteiger partial charge in [-0.25, -0.2) is 14.8 Å². The molecule has 0 N–H and O–H groups in total. The summed E-state index contributed by atoms with van der Waals surface area (Å²) in [6.45, 7) is 2.17. The van der Waals surface area contributed by atoms with Gasteiger partial charge in [0.05, 0.1) is 0 Å². The van der Waals surface area contributed by atoms with Gasteiger partial charge in [0.2, 0.25) is 0 Å². The van der Waals surface area contributed by atoms with Gasteiger partial charge in [0, 0.05) is 26.1 Å². The summed E-state index contributed by atoms with van der Waals surface area (Å²) in [6.07, 6.45) is 5.26. The Hall–Kier alpha value is -3.64. The molecule has 6 nitrogen and oxygen atoms in total. The second-order valence-electron chi connectivity index (χ2n) is 7.03. The Bertz CT molecular complexity index is 1300. The maximum atomic E-state index is 12.6. The standard InChI is InChI=1S/C24H24N4O2/c1-4-5-6-7-8-12-15-19-20(17-16-18-13-10-9-11-14-18)26-22-21(25-19)23(29)28(3)24(30)27(22)2/h9-11,13-14H,4-8H2,1-3H3. The molecule has 0 aliphatic rings. The summed E-state index contributed by atoms with van der Waals surface area (Å²) >= 11 is 0. The van der Waals surface area contributed by atoms with Gasteiger partial charge >= 0.3 is 5.69 Å². The molecule has 30 heavy (non-hydrogen) atoms. The minimum absolute atomic E-state index is 0.111. The molecule has 0 bridgehead atoms. The predicted octanol–water partition coefficient (Wildman–Crippen LogP) is 2.75. The van der Waals surface area contributed by atoms with Gasteiger partial charge in [-0.15, -0.1) is 0 Å². The van der Waals surface area contributed by atoms with Gasteiger partial charge in [-0.05, 0) is 30.4 Å². The van der Waals surface area contributed by atoms with Crippen LogP contribution in [0.2, 0.25) is 0 Å². The van der Waals surface area contributed by atoms with Crippen molar-refractivity contribution in [3.05, 3.63) is 68.1 Å². The van der Waals surface area contributed by atoms with Gasteiger partial charge in [-0.2, -0.15) is 0 Å². The van der Waals surface area contributed by atoms with E-state index in [9.17, 15) is 9.59 Å². The van der Waals surface area contributed by atoms with Crippen LogP contribution in [0.5, 0.6) is 0 Å². The lowest BCUT2D eigenvalue weighted by molar-refractivity contribution is 0.679. The second kappa shape index (κ2) is 9.71. The Labute approximate surface area is 175 Å². The van der Waals surface area contributed by atoms with Gasteiger partial charge in [0.25, 0.3) is 5.56 Å². The monoisotopic (exact) mass is 400 g/mol. The van der Waals surface area contributed by atoms with Gasteiger partial charge in [0.15, 0.2) is 11.2 Å². The molecule has 0 aliphatic heterocycles. The van der Waals surface area contributed by atoms with Crippen LogP contribution in [-0.2, 0) is 14.1 Å². The molecule has 152 valence electrons. The van der Waals surface area contributed by atoms with Crippen molar-refractivity contribution in [3.8, 4) is 23.7 Å². The Morgan fingerprint density at radius 2 is 1.60 bits per heavy atom. The number of aromatic nitrogens is 4. The SMILES string of the molecule is CCCCCCC#Cc1nc2c(=O)n(C)c(=O)n(C)c2nc1C#Cc1ccccc1. The quantitative estimate of drug-likeness (QED) is 0.499. The summed E-state index contributed by atoms with van der Waals surface area (Å²) in [5, 5.41) is 0. The lowest BCUT2D eigenvalue weighted by Crippen LogP contribution is -2.38. The topological polar surface area (TPSA) is 69.8 Å². The number of nitrogens with zero attached hydrogens (tertiary/aromatic N) is 4. The van der Waals surface area contributed by atoms with E-state index in [-0.39, 0.29) is 11.2 Å². The van der Waals surface area contributed by atoms with Crippen molar-refractivity contribution in [3.63, 3.8) is 0 Å². The molecule has 1 aromatic carbocycles. The van der Waals surface area contributed by atoms with E-state index in [0.29, 0.717) is 11.4 Å². The van der Waals surface area contributed by atoms with Gasteiger partial charge in [0.1, 0.15) is 11.4 Å². The van der Waals surface area contributed by atoms with E-state index < -0.39 is 11.2 Å². The van der Waals surface area contributed by atoms with Crippen LogP contribution in [0.4, 0.5) is 0 Å². The zero-order valence-corrected chi connectivity index (χ0v) is 17.5. The highest BCUT2D eigenvalue weighted by atomic mass is 16.2. The first-order valence-electron chi connectivity index (χ1n) is 10.1. The number of hydrogen-bond donors (Lipinski definition) is 0. The lowest BCUT2D eigenvalue weighted by atomic mass is 10.1. The Morgan fingerprint density at radius 3 is 2.33 bits per heavy atom. The molecule has 0 fully saturated rings. The van der Waals surface area contributed by atoms with Crippen molar-refractivity contribution in [1.29, 1.82) is 0 Å². The molecule has 0 unspecified atom stereocenters. The number of hydrogen-bond acceptors (Lipinski definition) is 4. The molecule has 2 aromatic heterocycles. The van der Waals surface area contributed by atoms with E-state index >= 15 is 0 Å². The number of unbranched alkanes of at least 4 members (excludes halogenated alkanes) is 4. The summed E-state index contributed by atoms with van der Waals surface area (Å²) in [4.78, 5) is 33.8. The summed E-state index contributed by atoms with van der Waals surface area (Å²) < 4.78 is 2.33. The van der Waals surface area contributed by atoms with Crippen LogP contribution in [0, 0.1) is 23.7 Å². The second-order valence-corrected chi connectivity index (χ2v) is 7.03. The summed E-state index contributed by atoms with van der Waals surface area (Å²) in [6, 6.07) is 9.52. The largest absolute Gasteiger partial charge is 0.332 e. The zero-order valence-electron chi connectivity index (χ0n) is 17.5. The third-order valence-corrected chi connectivity index (χ3v) is 4.74. The molecule has 0 aliphatic carbocycles. The van der Waals surface area contributed by atoms with Crippen LogP contribution in [0.15, 0.2) is 39.9 Å². The van der Waals surface area contributed by atoms with Crippen molar-refractivity contribution < 1.29 is 0 Å². The average molecular weight is 400 g/mol. The molecule has 3 aromatic rings. The predicted molar refractivity (Wildman–Crippen MR) is 118 cm³/mol. The minimum atomic E-state index is -0.492. The molecule has 0 atom stereocenters. The van der Waals surface area contributed by atoms with Crippen molar-refractivity contribution in [2.24, 2.45) is 14.1 Å². The van der Waals surface area contributed by atoms with Crippen LogP contribution >= 0.6 is 0 Å². The van der Waals surface area contributed by atoms with Crippen molar-refractivity contribution in [1.82, 2.24) is 19.1 Å². The molecule has 0 saturated heterocycles. The number of benzene rings is 1. The average Bonchev–Trinajstić information content (AvgIpc) is 2.77. The van der Waals surface area contributed by atoms with E-state index in [1.807, 2.05) is 30.3 Å². The van der Waals surface area contributed by atoms with E-state index in [4.69, 9.17) is 0 Å². The highest BCUT2D eigenvalue weighted by molar-refractivity contribution is 5.71. The minimum Gasteiger partial charge on any atom is -0.279 e. The molecule has 0 radical (unpaired) electrons. The third kappa shape index (κ3) is 4.67. The molecule has 0 saturated carbocycles. The fourth-order valence-corrected chi connectivity index (χ4v) is 2.98. The number of aryl methyl sites for hydroxylation is 1. The first-order valence-corrected chi connectivity index (χ1v) is 10.1. The highest BCUT2D eigenvalue weighted by Crippen LogP contribution is 2.08. The third-order valence-electron chi connectivity index (χ3n) is 4.74. The van der Waals surface area contributed by atoms with E-state index in [2.05, 4.69) is 40.6 Å².